The molecule has 2 heterocycles. The third kappa shape index (κ3) is 2.02. The number of likely N-dealkylation sites (tertiary alicyclic amines) is 1. The third-order valence-corrected chi connectivity index (χ3v) is 5.64. The number of aliphatic carboxylic acids is 1. The lowest BCUT2D eigenvalue weighted by molar-refractivity contribution is -0.149. The largest absolute Gasteiger partial charge is 0.481 e. The van der Waals surface area contributed by atoms with Crippen molar-refractivity contribution in [3.63, 3.8) is 0 Å². The normalized spacial score (nSPS) is 30.4. The Morgan fingerprint density at radius 2 is 2.09 bits per heavy atom. The van der Waals surface area contributed by atoms with E-state index in [1.54, 1.807) is 17.2 Å². The van der Waals surface area contributed by atoms with Crippen LogP contribution in [-0.4, -0.2) is 40.0 Å². The lowest BCUT2D eigenvalue weighted by atomic mass is 9.81. The summed E-state index contributed by atoms with van der Waals surface area (Å²) in [7, 11) is 0. The van der Waals surface area contributed by atoms with E-state index in [1.807, 2.05) is 6.07 Å². The molecule has 0 unspecified atom stereocenters. The minimum atomic E-state index is -0.748. The van der Waals surface area contributed by atoms with Crippen LogP contribution in [0.25, 0.3) is 0 Å². The molecule has 22 heavy (non-hydrogen) atoms. The maximum Gasteiger partial charge on any atom is 0.311 e. The number of nitrogens with zero attached hydrogens (tertiary/aromatic N) is 2. The predicted octanol–water partition coefficient (Wildman–Crippen LogP) is 2.29. The highest BCUT2D eigenvalue weighted by Crippen LogP contribution is 2.49. The number of amides is 1. The number of hydrogen-bond acceptors (Lipinski definition) is 3. The number of rotatable bonds is 3. The number of fused-ring (bicyclic) bond motifs is 1. The maximum atomic E-state index is 12.6. The third-order valence-electron chi connectivity index (χ3n) is 5.64. The molecule has 2 aliphatic carbocycles. The molecule has 3 aliphatic rings. The Morgan fingerprint density at radius 3 is 2.68 bits per heavy atom. The monoisotopic (exact) mass is 300 g/mol. The first-order chi connectivity index (χ1) is 10.6. The highest BCUT2D eigenvalue weighted by molar-refractivity contribution is 5.93. The van der Waals surface area contributed by atoms with E-state index < -0.39 is 11.4 Å². The Bertz CT molecular complexity index is 623. The van der Waals surface area contributed by atoms with Crippen LogP contribution in [0.15, 0.2) is 18.3 Å². The predicted molar refractivity (Wildman–Crippen MR) is 79.5 cm³/mol. The second-order valence-corrected chi connectivity index (χ2v) is 6.99. The van der Waals surface area contributed by atoms with Crippen molar-refractivity contribution in [3.8, 4) is 0 Å². The molecular formula is C17H20N2O3. The second-order valence-electron chi connectivity index (χ2n) is 6.99. The fourth-order valence-corrected chi connectivity index (χ4v) is 4.15. The van der Waals surface area contributed by atoms with Gasteiger partial charge in [-0.05, 0) is 49.1 Å². The van der Waals surface area contributed by atoms with Crippen LogP contribution in [0.3, 0.4) is 0 Å². The second kappa shape index (κ2) is 4.80. The van der Waals surface area contributed by atoms with Crippen LogP contribution in [0.2, 0.25) is 0 Å². The van der Waals surface area contributed by atoms with E-state index in [4.69, 9.17) is 0 Å². The van der Waals surface area contributed by atoms with Gasteiger partial charge in [0.05, 0.1) is 5.41 Å². The molecule has 5 heteroatoms. The van der Waals surface area contributed by atoms with Crippen molar-refractivity contribution in [3.05, 3.63) is 29.6 Å². The molecule has 1 aromatic rings. The fraction of sp³-hybridized carbons (Fsp3) is 0.588. The minimum absolute atomic E-state index is 0.0969. The molecule has 0 radical (unpaired) electrons. The Kier molecular flexibility index (Phi) is 2.99. The number of carbonyl (C=O) groups is 2. The molecule has 2 atom stereocenters. The number of pyridine rings is 1. The van der Waals surface area contributed by atoms with Crippen LogP contribution in [0, 0.1) is 11.3 Å². The van der Waals surface area contributed by atoms with Crippen LogP contribution >= 0.6 is 0 Å². The first-order valence-electron chi connectivity index (χ1n) is 8.09. The number of aromatic nitrogens is 1. The summed E-state index contributed by atoms with van der Waals surface area (Å²) >= 11 is 0. The lowest BCUT2D eigenvalue weighted by Gasteiger charge is -2.23. The number of carbonyl (C=O) groups excluding carboxylic acids is 1. The molecule has 0 bridgehead atoms. The highest BCUT2D eigenvalue weighted by atomic mass is 16.4. The van der Waals surface area contributed by atoms with Crippen LogP contribution in [0.4, 0.5) is 0 Å². The van der Waals surface area contributed by atoms with Gasteiger partial charge in [-0.1, -0.05) is 12.5 Å². The molecule has 3 fully saturated rings. The summed E-state index contributed by atoms with van der Waals surface area (Å²) < 4.78 is 0. The molecule has 1 saturated heterocycles. The summed E-state index contributed by atoms with van der Waals surface area (Å²) in [5.41, 5.74) is 0.922. The molecule has 0 spiro atoms. The van der Waals surface area contributed by atoms with Gasteiger partial charge < -0.3 is 10.0 Å². The molecule has 4 rings (SSSR count). The lowest BCUT2D eigenvalue weighted by Crippen LogP contribution is -2.37. The van der Waals surface area contributed by atoms with Crippen molar-refractivity contribution in [2.45, 2.75) is 38.0 Å². The molecule has 1 aliphatic heterocycles. The van der Waals surface area contributed by atoms with Gasteiger partial charge in [0.25, 0.3) is 5.91 Å². The molecule has 0 aromatic carbocycles. The van der Waals surface area contributed by atoms with E-state index in [9.17, 15) is 14.7 Å². The van der Waals surface area contributed by atoms with Crippen LogP contribution in [-0.2, 0) is 4.79 Å². The average Bonchev–Trinajstić information content (AvgIpc) is 3.17. The van der Waals surface area contributed by atoms with E-state index >= 15 is 0 Å². The summed E-state index contributed by atoms with van der Waals surface area (Å²) in [6.07, 6.45) is 6.77. The summed E-state index contributed by atoms with van der Waals surface area (Å²) in [5.74, 6) is -0.155. The van der Waals surface area contributed by atoms with Crippen molar-refractivity contribution < 1.29 is 14.7 Å². The zero-order valence-electron chi connectivity index (χ0n) is 12.5. The molecule has 2 saturated carbocycles. The quantitative estimate of drug-likeness (QED) is 0.929. The highest BCUT2D eigenvalue weighted by Gasteiger charge is 2.55. The maximum absolute atomic E-state index is 12.6. The molecule has 1 N–H and O–H groups in total. The summed E-state index contributed by atoms with van der Waals surface area (Å²) in [5, 5.41) is 9.60. The van der Waals surface area contributed by atoms with Crippen molar-refractivity contribution in [2.75, 3.05) is 13.1 Å². The van der Waals surface area contributed by atoms with Gasteiger partial charge in [-0.25, -0.2) is 0 Å². The van der Waals surface area contributed by atoms with Crippen LogP contribution in [0.1, 0.15) is 54.1 Å². The number of hydrogen-bond donors (Lipinski definition) is 1. The average molecular weight is 300 g/mol. The molecule has 5 nitrogen and oxygen atoms in total. The Labute approximate surface area is 129 Å². The fourth-order valence-electron chi connectivity index (χ4n) is 4.15. The molecular weight excluding hydrogens is 280 g/mol. The van der Waals surface area contributed by atoms with E-state index in [1.165, 1.54) is 18.4 Å². The summed E-state index contributed by atoms with van der Waals surface area (Å²) in [6.45, 7) is 0.884. The zero-order valence-corrected chi connectivity index (χ0v) is 12.5. The number of carboxylic acids is 1. The van der Waals surface area contributed by atoms with Gasteiger partial charge in [0.15, 0.2) is 0 Å². The van der Waals surface area contributed by atoms with E-state index in [2.05, 4.69) is 4.98 Å². The smallest absolute Gasteiger partial charge is 0.311 e. The van der Waals surface area contributed by atoms with Gasteiger partial charge >= 0.3 is 5.97 Å². The summed E-state index contributed by atoms with van der Waals surface area (Å²) in [4.78, 5) is 30.3. The van der Waals surface area contributed by atoms with Crippen LogP contribution < -0.4 is 0 Å². The van der Waals surface area contributed by atoms with E-state index in [0.717, 1.165) is 12.8 Å². The first kappa shape index (κ1) is 13.7. The van der Waals surface area contributed by atoms with Crippen LogP contribution in [0.5, 0.6) is 0 Å². The molecule has 1 amide bonds. The van der Waals surface area contributed by atoms with Crippen molar-refractivity contribution in [1.82, 2.24) is 9.88 Å². The Morgan fingerprint density at radius 1 is 1.27 bits per heavy atom. The molecule has 1 aromatic heterocycles. The van der Waals surface area contributed by atoms with Gasteiger partial charge in [0.2, 0.25) is 0 Å². The van der Waals surface area contributed by atoms with Gasteiger partial charge in [0, 0.05) is 19.3 Å². The minimum Gasteiger partial charge on any atom is -0.481 e. The standard InChI is InChI=1S/C17H20N2O3/c20-15(14-6-5-12(8-18-14)11-3-4-11)19-9-13-2-1-7-17(13,10-19)16(21)22/h5-6,8,11,13H,1-4,7,9-10H2,(H,21,22)/t13-,17+/m0/s1. The zero-order chi connectivity index (χ0) is 15.3. The number of carboxylic acid groups (broad SMARTS) is 1. The van der Waals surface area contributed by atoms with Gasteiger partial charge in [-0.15, -0.1) is 0 Å². The van der Waals surface area contributed by atoms with E-state index in [0.29, 0.717) is 31.1 Å². The summed E-state index contributed by atoms with van der Waals surface area (Å²) in [6, 6.07) is 3.78. The first-order valence-corrected chi connectivity index (χ1v) is 8.09. The molecule has 116 valence electrons. The Hall–Kier alpha value is -1.91. The van der Waals surface area contributed by atoms with Crippen molar-refractivity contribution >= 4 is 11.9 Å². The SMILES string of the molecule is O=C(c1ccc(C2CC2)cn1)N1C[C@@H]2CCC[C@@]2(C(=O)O)C1. The van der Waals surface area contributed by atoms with Crippen molar-refractivity contribution in [1.29, 1.82) is 0 Å². The van der Waals surface area contributed by atoms with E-state index in [-0.39, 0.29) is 11.8 Å². The van der Waals surface area contributed by atoms with Gasteiger partial charge in [0.1, 0.15) is 5.69 Å². The van der Waals surface area contributed by atoms with Gasteiger partial charge in [-0.2, -0.15) is 0 Å². The van der Waals surface area contributed by atoms with Gasteiger partial charge in [-0.3, -0.25) is 14.6 Å². The topological polar surface area (TPSA) is 70.5 Å². The Balaban J connectivity index is 1.52. The van der Waals surface area contributed by atoms with Crippen molar-refractivity contribution in [2.24, 2.45) is 11.3 Å².